The lowest BCUT2D eigenvalue weighted by atomic mass is 10.3. The summed E-state index contributed by atoms with van der Waals surface area (Å²) >= 11 is 1.33. The Hall–Kier alpha value is -2.04. The van der Waals surface area contributed by atoms with Crippen molar-refractivity contribution in [1.29, 1.82) is 5.26 Å². The fourth-order valence-corrected chi connectivity index (χ4v) is 2.89. The Morgan fingerprint density at radius 1 is 1.20 bits per heavy atom. The van der Waals surface area contributed by atoms with Crippen LogP contribution in [0.25, 0.3) is 0 Å². The number of nitrogen functional groups attached to an aromatic ring is 1. The second-order valence-electron chi connectivity index (χ2n) is 4.04. The van der Waals surface area contributed by atoms with Crippen molar-refractivity contribution >= 4 is 27.3 Å². The van der Waals surface area contributed by atoms with Crippen molar-refractivity contribution in [1.82, 2.24) is 4.98 Å². The molecule has 1 aromatic carbocycles. The summed E-state index contributed by atoms with van der Waals surface area (Å²) in [5.74, 6) is 0. The first-order valence-corrected chi connectivity index (χ1v) is 8.25. The highest BCUT2D eigenvalue weighted by Gasteiger charge is 2.08. The van der Waals surface area contributed by atoms with Gasteiger partial charge in [-0.1, -0.05) is 11.8 Å². The van der Waals surface area contributed by atoms with Gasteiger partial charge in [0.15, 0.2) is 15.5 Å². The van der Waals surface area contributed by atoms with Crippen LogP contribution in [0.1, 0.15) is 5.69 Å². The normalized spacial score (nSPS) is 11.0. The number of nitriles is 1. The average molecular weight is 305 g/mol. The number of benzene rings is 1. The minimum atomic E-state index is -3.19. The molecule has 0 aliphatic carbocycles. The van der Waals surface area contributed by atoms with Crippen molar-refractivity contribution < 1.29 is 8.42 Å². The van der Waals surface area contributed by atoms with Crippen LogP contribution in [0.5, 0.6) is 0 Å². The first-order chi connectivity index (χ1) is 9.40. The van der Waals surface area contributed by atoms with Crippen molar-refractivity contribution in [3.63, 3.8) is 0 Å². The summed E-state index contributed by atoms with van der Waals surface area (Å²) in [6, 6.07) is 11.7. The molecule has 1 aromatic heterocycles. The molecular formula is C13H11N3O2S2. The first kappa shape index (κ1) is 14.4. The van der Waals surface area contributed by atoms with Crippen LogP contribution in [0, 0.1) is 11.3 Å². The topological polar surface area (TPSA) is 96.8 Å². The molecule has 0 bridgehead atoms. The van der Waals surface area contributed by atoms with Gasteiger partial charge in [-0.15, -0.1) is 0 Å². The van der Waals surface area contributed by atoms with Crippen LogP contribution in [0.3, 0.4) is 0 Å². The zero-order valence-electron chi connectivity index (χ0n) is 10.6. The van der Waals surface area contributed by atoms with Crippen molar-refractivity contribution in [3.05, 3.63) is 42.1 Å². The lowest BCUT2D eigenvalue weighted by molar-refractivity contribution is 0.602. The van der Waals surface area contributed by atoms with E-state index in [-0.39, 0.29) is 10.6 Å². The summed E-state index contributed by atoms with van der Waals surface area (Å²) in [6.45, 7) is 0. The van der Waals surface area contributed by atoms with Gasteiger partial charge in [-0.2, -0.15) is 5.26 Å². The third kappa shape index (κ3) is 3.29. The smallest absolute Gasteiger partial charge is 0.175 e. The lowest BCUT2D eigenvalue weighted by Crippen LogP contribution is -1.96. The highest BCUT2D eigenvalue weighted by Crippen LogP contribution is 2.28. The van der Waals surface area contributed by atoms with Gasteiger partial charge in [0.2, 0.25) is 0 Å². The van der Waals surface area contributed by atoms with E-state index in [4.69, 9.17) is 11.0 Å². The van der Waals surface area contributed by atoms with E-state index in [0.717, 1.165) is 11.2 Å². The third-order valence-corrected chi connectivity index (χ3v) is 4.55. The Balaban J connectivity index is 2.25. The minimum absolute atomic E-state index is 0.183. The number of aromatic nitrogens is 1. The monoisotopic (exact) mass is 305 g/mol. The summed E-state index contributed by atoms with van der Waals surface area (Å²) in [4.78, 5) is 5.22. The molecule has 0 atom stereocenters. The summed E-state index contributed by atoms with van der Waals surface area (Å²) in [6.07, 6.45) is 1.16. The molecule has 0 saturated heterocycles. The number of pyridine rings is 1. The largest absolute Gasteiger partial charge is 0.396 e. The molecule has 0 aliphatic heterocycles. The Morgan fingerprint density at radius 3 is 2.40 bits per heavy atom. The molecule has 0 aliphatic rings. The number of hydrogen-bond acceptors (Lipinski definition) is 6. The molecule has 0 amide bonds. The van der Waals surface area contributed by atoms with Crippen molar-refractivity contribution in [2.45, 2.75) is 14.8 Å². The van der Waals surface area contributed by atoms with E-state index in [1.165, 1.54) is 11.8 Å². The van der Waals surface area contributed by atoms with Crippen molar-refractivity contribution in [3.8, 4) is 6.07 Å². The van der Waals surface area contributed by atoms with Gasteiger partial charge in [0.05, 0.1) is 10.6 Å². The summed E-state index contributed by atoms with van der Waals surface area (Å²) < 4.78 is 22.7. The Kier molecular flexibility index (Phi) is 3.97. The van der Waals surface area contributed by atoms with Crippen LogP contribution in [-0.2, 0) is 9.84 Å². The number of sulfone groups is 1. The Labute approximate surface area is 121 Å². The highest BCUT2D eigenvalue weighted by molar-refractivity contribution is 7.99. The standard InChI is InChI=1S/C13H11N3O2S2/c1-20(17,18)10-4-2-9(3-5-10)19-13-7-6-11(15)12(8-14)16-13/h2-7H,15H2,1H3. The summed E-state index contributed by atoms with van der Waals surface area (Å²) in [5.41, 5.74) is 6.12. The molecule has 2 N–H and O–H groups in total. The van der Waals surface area contributed by atoms with Crippen LogP contribution in [-0.4, -0.2) is 19.7 Å². The van der Waals surface area contributed by atoms with Gasteiger partial charge in [0.25, 0.3) is 0 Å². The molecule has 20 heavy (non-hydrogen) atoms. The second kappa shape index (κ2) is 5.53. The van der Waals surface area contributed by atoms with E-state index in [0.29, 0.717) is 10.7 Å². The molecule has 5 nitrogen and oxygen atoms in total. The van der Waals surface area contributed by atoms with Gasteiger partial charge in [0, 0.05) is 11.2 Å². The van der Waals surface area contributed by atoms with Crippen LogP contribution in [0.4, 0.5) is 5.69 Å². The van der Waals surface area contributed by atoms with E-state index in [1.54, 1.807) is 36.4 Å². The lowest BCUT2D eigenvalue weighted by Gasteiger charge is -2.04. The molecule has 2 aromatic rings. The summed E-state index contributed by atoms with van der Waals surface area (Å²) in [5, 5.41) is 9.49. The first-order valence-electron chi connectivity index (χ1n) is 5.55. The average Bonchev–Trinajstić information content (AvgIpc) is 2.40. The van der Waals surface area contributed by atoms with Gasteiger partial charge in [-0.05, 0) is 36.4 Å². The second-order valence-corrected chi connectivity index (χ2v) is 7.15. The Morgan fingerprint density at radius 2 is 1.85 bits per heavy atom. The fourth-order valence-electron chi connectivity index (χ4n) is 1.47. The molecule has 102 valence electrons. The van der Waals surface area contributed by atoms with Gasteiger partial charge in [-0.25, -0.2) is 13.4 Å². The van der Waals surface area contributed by atoms with Crippen LogP contribution < -0.4 is 5.73 Å². The number of rotatable bonds is 3. The molecule has 1 heterocycles. The molecule has 0 spiro atoms. The number of nitrogens with two attached hydrogens (primary N) is 1. The van der Waals surface area contributed by atoms with Crippen molar-refractivity contribution in [2.24, 2.45) is 0 Å². The fraction of sp³-hybridized carbons (Fsp3) is 0.0769. The maximum Gasteiger partial charge on any atom is 0.175 e. The number of hydrogen-bond donors (Lipinski definition) is 1. The molecule has 2 rings (SSSR count). The van der Waals surface area contributed by atoms with Crippen molar-refractivity contribution in [2.75, 3.05) is 12.0 Å². The van der Waals surface area contributed by atoms with Crippen LogP contribution >= 0.6 is 11.8 Å². The maximum atomic E-state index is 11.4. The van der Waals surface area contributed by atoms with E-state index in [2.05, 4.69) is 4.98 Å². The molecule has 0 unspecified atom stereocenters. The van der Waals surface area contributed by atoms with Gasteiger partial charge >= 0.3 is 0 Å². The minimum Gasteiger partial charge on any atom is -0.396 e. The van der Waals surface area contributed by atoms with E-state index in [1.807, 2.05) is 6.07 Å². The highest BCUT2D eigenvalue weighted by atomic mass is 32.2. The predicted octanol–water partition coefficient (Wildman–Crippen LogP) is 2.09. The van der Waals surface area contributed by atoms with E-state index >= 15 is 0 Å². The zero-order valence-corrected chi connectivity index (χ0v) is 12.2. The summed E-state index contributed by atoms with van der Waals surface area (Å²) in [7, 11) is -3.19. The van der Waals surface area contributed by atoms with Crippen LogP contribution in [0.2, 0.25) is 0 Å². The van der Waals surface area contributed by atoms with E-state index < -0.39 is 9.84 Å². The third-order valence-electron chi connectivity index (χ3n) is 2.48. The molecule has 0 fully saturated rings. The zero-order chi connectivity index (χ0) is 14.8. The maximum absolute atomic E-state index is 11.4. The molecular weight excluding hydrogens is 294 g/mol. The molecule has 0 saturated carbocycles. The SMILES string of the molecule is CS(=O)(=O)c1ccc(Sc2ccc(N)c(C#N)n2)cc1. The van der Waals surface area contributed by atoms with Crippen LogP contribution in [0.15, 0.2) is 51.2 Å². The number of anilines is 1. The Bertz CT molecular complexity index is 778. The number of nitrogens with zero attached hydrogens (tertiary/aromatic N) is 2. The van der Waals surface area contributed by atoms with Gasteiger partial charge in [0.1, 0.15) is 11.1 Å². The quantitative estimate of drug-likeness (QED) is 0.932. The predicted molar refractivity (Wildman–Crippen MR) is 77.0 cm³/mol. The molecule has 7 heteroatoms. The van der Waals surface area contributed by atoms with Gasteiger partial charge in [-0.3, -0.25) is 0 Å². The van der Waals surface area contributed by atoms with Gasteiger partial charge < -0.3 is 5.73 Å². The van der Waals surface area contributed by atoms with E-state index in [9.17, 15) is 8.42 Å². The molecule has 0 radical (unpaired) electrons.